The quantitative estimate of drug-likeness (QED) is 0.214. The number of hydrogen-bond acceptors (Lipinski definition) is 12. The lowest BCUT2D eigenvalue weighted by atomic mass is 9.95. The SMILES string of the molecule is N#CC[C@H]1CN(c2nc(OCC34CCCN3CCC4)nc3c2CCN(c2cccc4cccc(Cl)c24)C3)CCN1C(=O)/C=C/c1nc(C2COC2)no1. The maximum absolute atomic E-state index is 13.5. The summed E-state index contributed by atoms with van der Waals surface area (Å²) < 4.78 is 17.1. The number of nitriles is 1. The second kappa shape index (κ2) is 14.2. The molecule has 14 heteroatoms. The highest BCUT2D eigenvalue weighted by Crippen LogP contribution is 2.40. The minimum atomic E-state index is -0.339. The maximum Gasteiger partial charge on any atom is 0.318 e. The van der Waals surface area contributed by atoms with Gasteiger partial charge in [0.2, 0.25) is 5.91 Å². The first kappa shape index (κ1) is 34.0. The predicted molar refractivity (Wildman–Crippen MR) is 199 cm³/mol. The monoisotopic (exact) mass is 735 g/mol. The highest BCUT2D eigenvalue weighted by molar-refractivity contribution is 6.36. The van der Waals surface area contributed by atoms with Gasteiger partial charge < -0.3 is 28.7 Å². The van der Waals surface area contributed by atoms with Gasteiger partial charge in [-0.25, -0.2) is 0 Å². The molecule has 53 heavy (non-hydrogen) atoms. The van der Waals surface area contributed by atoms with Crippen LogP contribution in [0, 0.1) is 11.3 Å². The summed E-state index contributed by atoms with van der Waals surface area (Å²) >= 11 is 6.77. The molecule has 0 N–H and O–H groups in total. The summed E-state index contributed by atoms with van der Waals surface area (Å²) in [4.78, 5) is 37.0. The molecule has 5 aliphatic rings. The maximum atomic E-state index is 13.5. The van der Waals surface area contributed by atoms with E-state index in [2.05, 4.69) is 55.2 Å². The van der Waals surface area contributed by atoms with Crippen molar-refractivity contribution < 1.29 is 18.8 Å². The summed E-state index contributed by atoms with van der Waals surface area (Å²) in [6.45, 7) is 6.73. The van der Waals surface area contributed by atoms with Gasteiger partial charge in [-0.3, -0.25) is 9.69 Å². The van der Waals surface area contributed by atoms with Crippen LogP contribution in [0.1, 0.15) is 61.0 Å². The Kier molecular flexibility index (Phi) is 9.13. The smallest absolute Gasteiger partial charge is 0.318 e. The summed E-state index contributed by atoms with van der Waals surface area (Å²) in [5.74, 6) is 1.61. The lowest BCUT2D eigenvalue weighted by Crippen LogP contribution is -2.55. The number of rotatable bonds is 9. The van der Waals surface area contributed by atoms with Crippen molar-refractivity contribution in [1.29, 1.82) is 5.26 Å². The topological polar surface area (TPSA) is 137 Å². The second-order valence-corrected chi connectivity index (χ2v) is 15.2. The summed E-state index contributed by atoms with van der Waals surface area (Å²) in [6, 6.07) is 14.7. The van der Waals surface area contributed by atoms with Crippen LogP contribution in [0.25, 0.3) is 16.8 Å². The molecule has 0 saturated carbocycles. The third kappa shape index (κ3) is 6.47. The molecular weight excluding hydrogens is 694 g/mol. The van der Waals surface area contributed by atoms with E-state index in [1.165, 1.54) is 18.9 Å². The van der Waals surface area contributed by atoms with Gasteiger partial charge in [0.1, 0.15) is 12.4 Å². The first-order chi connectivity index (χ1) is 26.0. The van der Waals surface area contributed by atoms with E-state index in [1.54, 1.807) is 11.0 Å². The molecule has 0 bridgehead atoms. The van der Waals surface area contributed by atoms with Gasteiger partial charge in [-0.2, -0.15) is 20.2 Å². The number of ether oxygens (including phenoxy) is 2. The average molecular weight is 736 g/mol. The Balaban J connectivity index is 0.988. The Morgan fingerprint density at radius 3 is 2.66 bits per heavy atom. The molecule has 13 nitrogen and oxygen atoms in total. The molecule has 274 valence electrons. The van der Waals surface area contributed by atoms with E-state index in [1.807, 2.05) is 12.1 Å². The molecule has 1 atom stereocenters. The fourth-order valence-electron chi connectivity index (χ4n) is 8.84. The molecule has 0 spiro atoms. The lowest BCUT2D eigenvalue weighted by molar-refractivity contribution is -0.128. The van der Waals surface area contributed by atoms with Gasteiger partial charge in [-0.05, 0) is 62.7 Å². The molecule has 4 fully saturated rings. The van der Waals surface area contributed by atoms with Crippen LogP contribution in [0.5, 0.6) is 6.01 Å². The third-order valence-corrected chi connectivity index (χ3v) is 12.0. The molecule has 0 aliphatic carbocycles. The van der Waals surface area contributed by atoms with Crippen LogP contribution in [-0.2, 0) is 22.5 Å². The van der Waals surface area contributed by atoms with Gasteiger partial charge in [-0.15, -0.1) is 0 Å². The second-order valence-electron chi connectivity index (χ2n) is 14.8. The van der Waals surface area contributed by atoms with Gasteiger partial charge in [-0.1, -0.05) is 41.0 Å². The van der Waals surface area contributed by atoms with Crippen molar-refractivity contribution in [3.63, 3.8) is 0 Å². The minimum Gasteiger partial charge on any atom is -0.461 e. The van der Waals surface area contributed by atoms with Gasteiger partial charge in [0.05, 0.1) is 60.5 Å². The van der Waals surface area contributed by atoms with Crippen molar-refractivity contribution in [2.45, 2.75) is 62.6 Å². The Bertz CT molecular complexity index is 2080. The molecule has 0 radical (unpaired) electrons. The fraction of sp³-hybridized carbons (Fsp3) is 0.487. The van der Waals surface area contributed by atoms with Gasteiger partial charge in [0.15, 0.2) is 5.82 Å². The number of carbonyl (C=O) groups is 1. The zero-order chi connectivity index (χ0) is 35.9. The van der Waals surface area contributed by atoms with Gasteiger partial charge in [0.25, 0.3) is 5.89 Å². The Labute approximate surface area is 313 Å². The van der Waals surface area contributed by atoms with Crippen molar-refractivity contribution in [2.24, 2.45) is 0 Å². The average Bonchev–Trinajstić information content (AvgIpc) is 3.89. The molecule has 0 unspecified atom stereocenters. The van der Waals surface area contributed by atoms with E-state index < -0.39 is 0 Å². The normalized spacial score (nSPS) is 21.5. The zero-order valence-electron chi connectivity index (χ0n) is 29.6. The van der Waals surface area contributed by atoms with Crippen LogP contribution in [-0.4, -0.2) is 106 Å². The molecule has 2 aromatic carbocycles. The van der Waals surface area contributed by atoms with Crippen LogP contribution >= 0.6 is 11.6 Å². The lowest BCUT2D eigenvalue weighted by Gasteiger charge is -2.42. The summed E-state index contributed by atoms with van der Waals surface area (Å²) in [5, 5.41) is 16.7. The first-order valence-corrected chi connectivity index (χ1v) is 19.1. The number of amides is 1. The van der Waals surface area contributed by atoms with E-state index >= 15 is 0 Å². The molecule has 4 saturated heterocycles. The minimum absolute atomic E-state index is 0.0526. The van der Waals surface area contributed by atoms with Crippen molar-refractivity contribution in [1.82, 2.24) is 29.9 Å². The molecule has 7 heterocycles. The summed E-state index contributed by atoms with van der Waals surface area (Å²) in [5.41, 5.74) is 3.15. The molecule has 4 aromatic rings. The first-order valence-electron chi connectivity index (χ1n) is 18.7. The largest absolute Gasteiger partial charge is 0.461 e. The van der Waals surface area contributed by atoms with Crippen LogP contribution < -0.4 is 14.5 Å². The van der Waals surface area contributed by atoms with Crippen molar-refractivity contribution in [3.8, 4) is 12.1 Å². The van der Waals surface area contributed by atoms with Gasteiger partial charge >= 0.3 is 6.01 Å². The van der Waals surface area contributed by atoms with Crippen molar-refractivity contribution >= 4 is 45.9 Å². The molecule has 9 rings (SSSR count). The van der Waals surface area contributed by atoms with Crippen molar-refractivity contribution in [3.05, 3.63) is 70.5 Å². The number of fused-ring (bicyclic) bond motifs is 3. The van der Waals surface area contributed by atoms with Gasteiger partial charge in [0, 0.05) is 55.0 Å². The van der Waals surface area contributed by atoms with E-state index in [4.69, 9.17) is 35.6 Å². The predicted octanol–water partition coefficient (Wildman–Crippen LogP) is 4.99. The number of carbonyl (C=O) groups excluding carboxylic acids is 1. The van der Waals surface area contributed by atoms with Crippen LogP contribution in [0.15, 0.2) is 47.0 Å². The molecule has 5 aliphatic heterocycles. The number of nitrogens with zero attached hydrogens (tertiary/aromatic N) is 9. The summed E-state index contributed by atoms with van der Waals surface area (Å²) in [6.07, 6.45) is 8.55. The Hall–Kier alpha value is -4.77. The van der Waals surface area contributed by atoms with Crippen molar-refractivity contribution in [2.75, 3.05) is 68.9 Å². The standard InChI is InChI=1S/C39H42ClN9O4/c40-30-7-1-5-26-6-2-8-32(35(26)30)46-18-12-29-31(22-46)42-38(52-25-39-13-3-16-48(39)17-4-14-39)44-37(29)47-19-20-49(28(21-47)11-15-41)34(50)10-9-33-43-36(45-53-33)27-23-51-24-27/h1-2,5-10,27-28H,3-4,11-14,16-25H2/b10-9+/t28-/m0/s1. The van der Waals surface area contributed by atoms with Crippen LogP contribution in [0.3, 0.4) is 0 Å². The number of benzene rings is 2. The molecular formula is C39H42ClN9O4. The van der Waals surface area contributed by atoms with Crippen LogP contribution in [0.4, 0.5) is 11.5 Å². The highest BCUT2D eigenvalue weighted by Gasteiger charge is 2.45. The van der Waals surface area contributed by atoms with Crippen LogP contribution in [0.2, 0.25) is 5.02 Å². The number of piperazine rings is 1. The number of halogens is 1. The molecule has 1 amide bonds. The Morgan fingerprint density at radius 1 is 1.04 bits per heavy atom. The van der Waals surface area contributed by atoms with E-state index in [-0.39, 0.29) is 35.7 Å². The molecule has 2 aromatic heterocycles. The van der Waals surface area contributed by atoms with E-state index in [0.29, 0.717) is 57.8 Å². The number of hydrogen-bond donors (Lipinski definition) is 0. The number of anilines is 2. The zero-order valence-corrected chi connectivity index (χ0v) is 30.4. The van der Waals surface area contributed by atoms with E-state index in [9.17, 15) is 10.1 Å². The fourth-order valence-corrected chi connectivity index (χ4v) is 9.12. The third-order valence-electron chi connectivity index (χ3n) is 11.7. The summed E-state index contributed by atoms with van der Waals surface area (Å²) in [7, 11) is 0. The highest BCUT2D eigenvalue weighted by atomic mass is 35.5. The number of aromatic nitrogens is 4. The van der Waals surface area contributed by atoms with E-state index in [0.717, 1.165) is 77.5 Å². The Morgan fingerprint density at radius 2 is 1.87 bits per heavy atom.